The van der Waals surface area contributed by atoms with Gasteiger partial charge in [-0.2, -0.15) is 0 Å². The van der Waals surface area contributed by atoms with E-state index in [9.17, 15) is 5.11 Å². The van der Waals surface area contributed by atoms with Crippen molar-refractivity contribution in [3.05, 3.63) is 12.3 Å². The molecule has 0 spiro atoms. The Balaban J connectivity index is 3.23. The summed E-state index contributed by atoms with van der Waals surface area (Å²) in [6.07, 6.45) is 7.20. The fourth-order valence-electron chi connectivity index (χ4n) is 0.935. The van der Waals surface area contributed by atoms with Crippen molar-refractivity contribution >= 4 is 0 Å². The molecule has 0 rings (SSSR count). The average Bonchev–Trinajstić information content (AvgIpc) is 2.09. The molecule has 0 aromatic heterocycles. The maximum Gasteiger partial charge on any atom is 0.0845 e. The molecule has 0 saturated heterocycles. The van der Waals surface area contributed by atoms with Crippen LogP contribution in [0.1, 0.15) is 39.5 Å². The van der Waals surface area contributed by atoms with Crippen LogP contribution in [-0.2, 0) is 4.74 Å². The Hall–Kier alpha value is -0.500. The largest absolute Gasteiger partial charge is 0.502 e. The number of hydrogen-bond acceptors (Lipinski definition) is 2. The molecule has 0 amide bonds. The van der Waals surface area contributed by atoms with Crippen molar-refractivity contribution in [2.75, 3.05) is 6.61 Å². The molecular formula is C10H20O2. The van der Waals surface area contributed by atoms with Gasteiger partial charge in [-0.1, -0.05) is 19.8 Å². The fraction of sp³-hybridized carbons (Fsp3) is 0.800. The van der Waals surface area contributed by atoms with E-state index in [2.05, 4.69) is 6.92 Å². The highest BCUT2D eigenvalue weighted by Gasteiger charge is 1.99. The number of hydrogen-bond donors (Lipinski definition) is 1. The monoisotopic (exact) mass is 172 g/mol. The van der Waals surface area contributed by atoms with Crippen LogP contribution in [0.2, 0.25) is 0 Å². The van der Waals surface area contributed by atoms with Gasteiger partial charge in [-0.05, 0) is 25.8 Å². The summed E-state index contributed by atoms with van der Waals surface area (Å²) in [5.74, 6) is 0. The molecule has 2 heteroatoms. The highest BCUT2D eigenvalue weighted by molar-refractivity contribution is 4.77. The van der Waals surface area contributed by atoms with Crippen LogP contribution in [0.3, 0.4) is 0 Å². The topological polar surface area (TPSA) is 29.5 Å². The molecule has 0 bridgehead atoms. The number of rotatable bonds is 7. The summed E-state index contributed by atoms with van der Waals surface area (Å²) >= 11 is 0. The summed E-state index contributed by atoms with van der Waals surface area (Å²) in [7, 11) is 0. The first-order valence-corrected chi connectivity index (χ1v) is 4.75. The van der Waals surface area contributed by atoms with Gasteiger partial charge in [-0.15, -0.1) is 0 Å². The molecule has 0 heterocycles. The van der Waals surface area contributed by atoms with Crippen molar-refractivity contribution in [1.82, 2.24) is 0 Å². The fourth-order valence-corrected chi connectivity index (χ4v) is 0.935. The second-order valence-electron chi connectivity index (χ2n) is 2.86. The Kier molecular flexibility index (Phi) is 8.24. The lowest BCUT2D eigenvalue weighted by molar-refractivity contribution is 0.163. The first kappa shape index (κ1) is 11.5. The van der Waals surface area contributed by atoms with E-state index in [1.54, 1.807) is 6.26 Å². The summed E-state index contributed by atoms with van der Waals surface area (Å²) in [6.45, 7) is 4.77. The van der Waals surface area contributed by atoms with Gasteiger partial charge in [0.2, 0.25) is 0 Å². The minimum absolute atomic E-state index is 0.193. The molecule has 0 aliphatic heterocycles. The zero-order valence-electron chi connectivity index (χ0n) is 8.12. The van der Waals surface area contributed by atoms with Gasteiger partial charge in [0.05, 0.1) is 19.0 Å². The molecule has 0 radical (unpaired) electrons. The summed E-state index contributed by atoms with van der Waals surface area (Å²) in [4.78, 5) is 0. The predicted octanol–water partition coefficient (Wildman–Crippen LogP) is 2.48. The SMILES string of the molecule is CCCCC(O)C/C=C\OCC. The zero-order valence-corrected chi connectivity index (χ0v) is 8.12. The molecule has 1 N–H and O–H groups in total. The molecule has 1 unspecified atom stereocenters. The van der Waals surface area contributed by atoms with E-state index >= 15 is 0 Å². The van der Waals surface area contributed by atoms with E-state index in [1.165, 1.54) is 0 Å². The van der Waals surface area contributed by atoms with Gasteiger partial charge in [-0.3, -0.25) is 0 Å². The van der Waals surface area contributed by atoms with Crippen molar-refractivity contribution in [2.24, 2.45) is 0 Å². The molecule has 12 heavy (non-hydrogen) atoms. The maximum atomic E-state index is 9.37. The molecular weight excluding hydrogens is 152 g/mol. The number of aliphatic hydroxyl groups is 1. The highest BCUT2D eigenvalue weighted by Crippen LogP contribution is 2.04. The van der Waals surface area contributed by atoms with E-state index in [4.69, 9.17) is 4.74 Å². The Morgan fingerprint density at radius 3 is 2.75 bits per heavy atom. The average molecular weight is 172 g/mol. The lowest BCUT2D eigenvalue weighted by Crippen LogP contribution is -2.03. The quantitative estimate of drug-likeness (QED) is 0.598. The van der Waals surface area contributed by atoms with Gasteiger partial charge >= 0.3 is 0 Å². The standard InChI is InChI=1S/C10H20O2/c1-3-5-7-10(11)8-6-9-12-4-2/h6,9-11H,3-5,7-8H2,1-2H3/b9-6-. The van der Waals surface area contributed by atoms with Crippen molar-refractivity contribution in [3.8, 4) is 0 Å². The third kappa shape index (κ3) is 7.61. The van der Waals surface area contributed by atoms with Crippen LogP contribution in [0, 0.1) is 0 Å². The minimum atomic E-state index is -0.193. The molecule has 0 saturated carbocycles. The summed E-state index contributed by atoms with van der Waals surface area (Å²) < 4.78 is 5.00. The number of aliphatic hydroxyl groups excluding tert-OH is 1. The van der Waals surface area contributed by atoms with Crippen LogP contribution in [-0.4, -0.2) is 17.8 Å². The Morgan fingerprint density at radius 1 is 1.42 bits per heavy atom. The zero-order chi connectivity index (χ0) is 9.23. The van der Waals surface area contributed by atoms with Crippen molar-refractivity contribution in [2.45, 2.75) is 45.6 Å². The summed E-state index contributed by atoms with van der Waals surface area (Å²) in [5, 5.41) is 9.37. The normalized spacial score (nSPS) is 13.6. The number of unbranched alkanes of at least 4 members (excludes halogenated alkanes) is 1. The van der Waals surface area contributed by atoms with E-state index in [0.717, 1.165) is 19.3 Å². The van der Waals surface area contributed by atoms with Crippen molar-refractivity contribution in [3.63, 3.8) is 0 Å². The number of ether oxygens (including phenoxy) is 1. The van der Waals surface area contributed by atoms with Crippen molar-refractivity contribution < 1.29 is 9.84 Å². The Labute approximate surface area is 75.2 Å². The molecule has 1 atom stereocenters. The third-order valence-electron chi connectivity index (χ3n) is 1.66. The van der Waals surface area contributed by atoms with Crippen LogP contribution in [0.5, 0.6) is 0 Å². The lowest BCUT2D eigenvalue weighted by Gasteiger charge is -2.05. The van der Waals surface area contributed by atoms with E-state index < -0.39 is 0 Å². The maximum absolute atomic E-state index is 9.37. The van der Waals surface area contributed by atoms with Gasteiger partial charge in [-0.25, -0.2) is 0 Å². The van der Waals surface area contributed by atoms with Gasteiger partial charge in [0.1, 0.15) is 0 Å². The molecule has 2 nitrogen and oxygen atoms in total. The van der Waals surface area contributed by atoms with Gasteiger partial charge < -0.3 is 9.84 Å². The summed E-state index contributed by atoms with van der Waals surface area (Å²) in [5.41, 5.74) is 0. The molecule has 72 valence electrons. The second-order valence-corrected chi connectivity index (χ2v) is 2.86. The minimum Gasteiger partial charge on any atom is -0.502 e. The summed E-state index contributed by atoms with van der Waals surface area (Å²) in [6, 6.07) is 0. The highest BCUT2D eigenvalue weighted by atomic mass is 16.5. The molecule has 0 aromatic carbocycles. The third-order valence-corrected chi connectivity index (χ3v) is 1.66. The first-order valence-electron chi connectivity index (χ1n) is 4.75. The Morgan fingerprint density at radius 2 is 2.17 bits per heavy atom. The van der Waals surface area contributed by atoms with Gasteiger partial charge in [0.15, 0.2) is 0 Å². The van der Waals surface area contributed by atoms with Crippen LogP contribution in [0.4, 0.5) is 0 Å². The van der Waals surface area contributed by atoms with Crippen LogP contribution < -0.4 is 0 Å². The molecule has 0 aliphatic rings. The van der Waals surface area contributed by atoms with Crippen molar-refractivity contribution in [1.29, 1.82) is 0 Å². The van der Waals surface area contributed by atoms with Crippen LogP contribution >= 0.6 is 0 Å². The second kappa shape index (κ2) is 8.60. The Bertz CT molecular complexity index is 110. The van der Waals surface area contributed by atoms with Gasteiger partial charge in [0, 0.05) is 0 Å². The van der Waals surface area contributed by atoms with E-state index in [0.29, 0.717) is 13.0 Å². The van der Waals surface area contributed by atoms with Crippen LogP contribution in [0.25, 0.3) is 0 Å². The van der Waals surface area contributed by atoms with Crippen LogP contribution in [0.15, 0.2) is 12.3 Å². The molecule has 0 aromatic rings. The first-order chi connectivity index (χ1) is 5.81. The van der Waals surface area contributed by atoms with Gasteiger partial charge in [0.25, 0.3) is 0 Å². The van der Waals surface area contributed by atoms with E-state index in [1.807, 2.05) is 13.0 Å². The lowest BCUT2D eigenvalue weighted by atomic mass is 10.1. The predicted molar refractivity (Wildman–Crippen MR) is 50.9 cm³/mol. The molecule has 0 fully saturated rings. The van der Waals surface area contributed by atoms with E-state index in [-0.39, 0.29) is 6.10 Å². The smallest absolute Gasteiger partial charge is 0.0845 e. The molecule has 0 aliphatic carbocycles.